The van der Waals surface area contributed by atoms with E-state index < -0.39 is 17.4 Å². The van der Waals surface area contributed by atoms with Crippen molar-refractivity contribution < 1.29 is 24.1 Å². The topological polar surface area (TPSA) is 82.9 Å². The van der Waals surface area contributed by atoms with Crippen molar-refractivity contribution in [2.24, 2.45) is 0 Å². The zero-order valence-corrected chi connectivity index (χ0v) is 17.8. The van der Waals surface area contributed by atoms with E-state index in [0.29, 0.717) is 22.9 Å². The van der Waals surface area contributed by atoms with Gasteiger partial charge in [0.1, 0.15) is 17.1 Å². The van der Waals surface area contributed by atoms with Gasteiger partial charge in [-0.1, -0.05) is 42.5 Å². The summed E-state index contributed by atoms with van der Waals surface area (Å²) in [7, 11) is 1.45. The molecule has 0 saturated heterocycles. The van der Waals surface area contributed by atoms with Gasteiger partial charge < -0.3 is 14.9 Å². The van der Waals surface area contributed by atoms with Gasteiger partial charge in [0, 0.05) is 23.7 Å². The van der Waals surface area contributed by atoms with Crippen molar-refractivity contribution in [3.8, 4) is 11.5 Å². The predicted molar refractivity (Wildman–Crippen MR) is 121 cm³/mol. The molecule has 0 radical (unpaired) electrons. The molecule has 1 atom stereocenters. The summed E-state index contributed by atoms with van der Waals surface area (Å²) < 4.78 is 19.2. The first kappa shape index (κ1) is 20.9. The van der Waals surface area contributed by atoms with Gasteiger partial charge in [-0.25, -0.2) is 4.39 Å². The van der Waals surface area contributed by atoms with Gasteiger partial charge in [-0.05, 0) is 36.2 Å². The summed E-state index contributed by atoms with van der Waals surface area (Å²) in [4.78, 5) is 19.2. The minimum absolute atomic E-state index is 0.0186. The average molecular weight is 444 g/mol. The number of carbonyl (C=O) groups excluding carboxylic acids is 1. The molecule has 2 heterocycles. The third-order valence-electron chi connectivity index (χ3n) is 6.05. The number of ether oxygens (including phenoxy) is 1. The number of aromatic hydroxyl groups is 1. The molecular formula is C26H21FN2O4. The van der Waals surface area contributed by atoms with E-state index in [4.69, 9.17) is 4.74 Å². The number of benzene rings is 2. The number of methoxy groups -OCH3 is 1. The van der Waals surface area contributed by atoms with E-state index in [9.17, 15) is 19.4 Å². The highest BCUT2D eigenvalue weighted by molar-refractivity contribution is 6.10. The van der Waals surface area contributed by atoms with Crippen molar-refractivity contribution in [2.75, 3.05) is 7.11 Å². The lowest BCUT2D eigenvalue weighted by molar-refractivity contribution is -0.0560. The highest BCUT2D eigenvalue weighted by Crippen LogP contribution is 2.53. The van der Waals surface area contributed by atoms with Crippen molar-refractivity contribution in [1.82, 2.24) is 9.88 Å². The monoisotopic (exact) mass is 444 g/mol. The minimum Gasteiger partial charge on any atom is -0.505 e. The van der Waals surface area contributed by atoms with E-state index >= 15 is 0 Å². The van der Waals surface area contributed by atoms with Crippen molar-refractivity contribution >= 4 is 16.8 Å². The average Bonchev–Trinajstić information content (AvgIpc) is 3.02. The maximum absolute atomic E-state index is 13.7. The summed E-state index contributed by atoms with van der Waals surface area (Å²) in [5.41, 5.74) is -0.548. The summed E-state index contributed by atoms with van der Waals surface area (Å²) >= 11 is 0. The Morgan fingerprint density at radius 2 is 2.00 bits per heavy atom. The molecule has 2 N–H and O–H groups in total. The zero-order valence-electron chi connectivity index (χ0n) is 17.8. The second-order valence-corrected chi connectivity index (χ2v) is 7.90. The Hall–Kier alpha value is -3.97. The van der Waals surface area contributed by atoms with Gasteiger partial charge in [-0.3, -0.25) is 14.7 Å². The molecule has 0 saturated carbocycles. The van der Waals surface area contributed by atoms with Crippen molar-refractivity contribution in [3.05, 3.63) is 101 Å². The van der Waals surface area contributed by atoms with Crippen LogP contribution in [0.4, 0.5) is 4.39 Å². The molecule has 1 unspecified atom stereocenters. The fraction of sp³-hybridized carbons (Fsp3) is 0.154. The van der Waals surface area contributed by atoms with E-state index in [2.05, 4.69) is 4.98 Å². The number of nitrogens with zero attached hydrogens (tertiary/aromatic N) is 2. The van der Waals surface area contributed by atoms with E-state index in [-0.39, 0.29) is 34.7 Å². The predicted octanol–water partition coefficient (Wildman–Crippen LogP) is 4.33. The van der Waals surface area contributed by atoms with Crippen LogP contribution in [0.15, 0.2) is 78.5 Å². The smallest absolute Gasteiger partial charge is 0.261 e. The Bertz CT molecular complexity index is 1360. The number of phenols is 1. The van der Waals surface area contributed by atoms with Crippen molar-refractivity contribution in [3.63, 3.8) is 0 Å². The zero-order chi connectivity index (χ0) is 23.2. The van der Waals surface area contributed by atoms with E-state index in [1.54, 1.807) is 36.4 Å². The molecule has 1 aliphatic carbocycles. The Labute approximate surface area is 189 Å². The molecule has 2 aromatic carbocycles. The molecule has 7 heteroatoms. The van der Waals surface area contributed by atoms with Gasteiger partial charge in [-0.15, -0.1) is 0 Å². The standard InChI is InChI=1S/C26H21FN2O4/c1-33-24-19-9-6-14-28-22(19)23(30)20-21(24)26(32,17-7-4-2-3-5-8-17)29(25(20)31)15-16-10-12-18(27)13-11-16/h2-4,6-14,30,32H,5,15H2,1H3. The highest BCUT2D eigenvalue weighted by Gasteiger charge is 2.54. The fourth-order valence-corrected chi connectivity index (χ4v) is 4.53. The Kier molecular flexibility index (Phi) is 4.98. The molecule has 6 nitrogen and oxygen atoms in total. The number of aromatic nitrogens is 1. The van der Waals surface area contributed by atoms with Crippen LogP contribution in [0.25, 0.3) is 10.9 Å². The Morgan fingerprint density at radius 1 is 1.21 bits per heavy atom. The lowest BCUT2D eigenvalue weighted by atomic mass is 9.89. The van der Waals surface area contributed by atoms with Crippen LogP contribution in [0.2, 0.25) is 0 Å². The first-order chi connectivity index (χ1) is 16.0. The largest absolute Gasteiger partial charge is 0.505 e. The summed E-state index contributed by atoms with van der Waals surface area (Å²) in [5, 5.41) is 23.9. The van der Waals surface area contributed by atoms with Gasteiger partial charge in [0.2, 0.25) is 0 Å². The normalized spacial score (nSPS) is 19.5. The lowest BCUT2D eigenvalue weighted by Gasteiger charge is -2.36. The van der Waals surface area contributed by atoms with E-state index in [0.717, 1.165) is 0 Å². The summed E-state index contributed by atoms with van der Waals surface area (Å²) in [6.45, 7) is -0.0186. The van der Waals surface area contributed by atoms with Crippen LogP contribution in [0.3, 0.4) is 0 Å². The quantitative estimate of drug-likeness (QED) is 0.626. The number of allylic oxidation sites excluding steroid dienone is 4. The lowest BCUT2D eigenvalue weighted by Crippen LogP contribution is -2.44. The highest BCUT2D eigenvalue weighted by atomic mass is 19.1. The number of pyridine rings is 1. The summed E-state index contributed by atoms with van der Waals surface area (Å²) in [6, 6.07) is 9.12. The number of aliphatic hydroxyl groups is 1. The number of hydrogen-bond acceptors (Lipinski definition) is 5. The molecule has 3 aromatic rings. The molecule has 33 heavy (non-hydrogen) atoms. The summed E-state index contributed by atoms with van der Waals surface area (Å²) in [5.74, 6) is -1.04. The molecule has 166 valence electrons. The van der Waals surface area contributed by atoms with E-state index in [1.807, 2.05) is 18.2 Å². The summed E-state index contributed by atoms with van der Waals surface area (Å²) in [6.07, 6.45) is 11.2. The molecule has 5 rings (SSSR count). The van der Waals surface area contributed by atoms with Gasteiger partial charge in [0.15, 0.2) is 11.5 Å². The molecule has 1 amide bonds. The SMILES string of the molecule is COc1c2c(c(O)c3ncccc13)C(=O)N(Cc1ccc(F)cc1)C2(O)C1=CCC=CC=C1. The maximum Gasteiger partial charge on any atom is 0.261 e. The van der Waals surface area contributed by atoms with Crippen LogP contribution >= 0.6 is 0 Å². The number of fused-ring (bicyclic) bond motifs is 2. The van der Waals surface area contributed by atoms with Crippen LogP contribution in [0.5, 0.6) is 11.5 Å². The number of rotatable bonds is 4. The third-order valence-corrected chi connectivity index (χ3v) is 6.05. The van der Waals surface area contributed by atoms with Crippen LogP contribution in [0, 0.1) is 5.82 Å². The van der Waals surface area contributed by atoms with E-state index in [1.165, 1.54) is 30.3 Å². The second kappa shape index (κ2) is 7.86. The number of carbonyl (C=O) groups is 1. The van der Waals surface area contributed by atoms with Crippen molar-refractivity contribution in [2.45, 2.75) is 18.7 Å². The van der Waals surface area contributed by atoms with Gasteiger partial charge >= 0.3 is 0 Å². The fourth-order valence-electron chi connectivity index (χ4n) is 4.53. The van der Waals surface area contributed by atoms with Crippen molar-refractivity contribution in [1.29, 1.82) is 0 Å². The Morgan fingerprint density at radius 3 is 2.76 bits per heavy atom. The molecule has 1 aromatic heterocycles. The van der Waals surface area contributed by atoms with Crippen LogP contribution in [-0.4, -0.2) is 33.1 Å². The van der Waals surface area contributed by atoms with Crippen LogP contribution in [0.1, 0.15) is 27.9 Å². The maximum atomic E-state index is 13.7. The van der Waals surface area contributed by atoms with Crippen LogP contribution < -0.4 is 4.74 Å². The second-order valence-electron chi connectivity index (χ2n) is 7.90. The van der Waals surface area contributed by atoms with Gasteiger partial charge in [0.05, 0.1) is 18.2 Å². The van der Waals surface area contributed by atoms with Gasteiger partial charge in [0.25, 0.3) is 5.91 Å². The molecule has 0 spiro atoms. The number of amides is 1. The molecule has 0 bridgehead atoms. The number of hydrogen-bond donors (Lipinski definition) is 2. The van der Waals surface area contributed by atoms with Crippen LogP contribution in [-0.2, 0) is 12.3 Å². The third kappa shape index (κ3) is 3.12. The molecule has 1 aliphatic heterocycles. The Balaban J connectivity index is 1.80. The molecular weight excluding hydrogens is 423 g/mol. The molecule has 2 aliphatic rings. The number of phenolic OH excluding ortho intramolecular Hbond substituents is 1. The number of halogens is 1. The minimum atomic E-state index is -1.93. The molecule has 0 fully saturated rings. The first-order valence-corrected chi connectivity index (χ1v) is 10.5. The van der Waals surface area contributed by atoms with Gasteiger partial charge in [-0.2, -0.15) is 0 Å². The first-order valence-electron chi connectivity index (χ1n) is 10.5.